The van der Waals surface area contributed by atoms with Crippen LogP contribution in [0.15, 0.2) is 0 Å². The fourth-order valence-corrected chi connectivity index (χ4v) is 3.94. The number of hydrogen-bond donors (Lipinski definition) is 0. The van der Waals surface area contributed by atoms with Crippen LogP contribution in [0.25, 0.3) is 0 Å². The molecule has 15 heavy (non-hydrogen) atoms. The van der Waals surface area contributed by atoms with Gasteiger partial charge >= 0.3 is 0 Å². The lowest BCUT2D eigenvalue weighted by Gasteiger charge is -2.47. The van der Waals surface area contributed by atoms with Gasteiger partial charge in [0, 0.05) is 19.1 Å². The van der Waals surface area contributed by atoms with Crippen LogP contribution in [-0.2, 0) is 4.43 Å². The monoisotopic (exact) mass is 227 g/mol. The van der Waals surface area contributed by atoms with Gasteiger partial charge in [0.15, 0.2) is 8.32 Å². The minimum absolute atomic E-state index is 0.554. The summed E-state index contributed by atoms with van der Waals surface area (Å²) < 4.78 is 6.09. The molecule has 2 nitrogen and oxygen atoms in total. The van der Waals surface area contributed by atoms with Crippen LogP contribution in [-0.4, -0.2) is 38.5 Å². The third-order valence-corrected chi connectivity index (χ3v) is 4.53. The first-order valence-electron chi connectivity index (χ1n) is 6.46. The minimum atomic E-state index is -1.30. The Kier molecular flexibility index (Phi) is 3.53. The van der Waals surface area contributed by atoms with Crippen molar-refractivity contribution >= 4 is 8.32 Å². The molecule has 0 unspecified atom stereocenters. The zero-order valence-corrected chi connectivity index (χ0v) is 11.5. The van der Waals surface area contributed by atoms with Crippen molar-refractivity contribution in [3.63, 3.8) is 0 Å². The van der Waals surface area contributed by atoms with E-state index in [4.69, 9.17) is 4.43 Å². The third kappa shape index (κ3) is 3.30. The average molecular weight is 227 g/mol. The van der Waals surface area contributed by atoms with Gasteiger partial charge in [0.25, 0.3) is 0 Å². The molecule has 1 heterocycles. The first-order valence-corrected chi connectivity index (χ1v) is 9.87. The summed E-state index contributed by atoms with van der Waals surface area (Å²) in [4.78, 5) is 2.64. The SMILES string of the molecule is C[Si](C)(C)OC1CN(C2CCCCC2)C1. The molecular formula is C12H25NOSi. The first kappa shape index (κ1) is 11.6. The van der Waals surface area contributed by atoms with Crippen molar-refractivity contribution in [2.75, 3.05) is 13.1 Å². The zero-order chi connectivity index (χ0) is 10.9. The molecule has 0 atom stereocenters. The maximum Gasteiger partial charge on any atom is 0.184 e. The Hall–Kier alpha value is 0.137. The Morgan fingerprint density at radius 2 is 1.60 bits per heavy atom. The molecule has 0 N–H and O–H groups in total. The molecule has 0 aromatic rings. The van der Waals surface area contributed by atoms with Gasteiger partial charge in [-0.05, 0) is 32.5 Å². The number of rotatable bonds is 3. The summed E-state index contributed by atoms with van der Waals surface area (Å²) in [5.74, 6) is 0. The minimum Gasteiger partial charge on any atom is -0.412 e. The molecule has 2 fully saturated rings. The van der Waals surface area contributed by atoms with Gasteiger partial charge in [-0.25, -0.2) is 0 Å². The largest absolute Gasteiger partial charge is 0.412 e. The lowest BCUT2D eigenvalue weighted by Crippen LogP contribution is -2.59. The molecule has 1 aliphatic heterocycles. The van der Waals surface area contributed by atoms with E-state index in [0.717, 1.165) is 6.04 Å². The number of nitrogens with zero attached hydrogens (tertiary/aromatic N) is 1. The summed E-state index contributed by atoms with van der Waals surface area (Å²) in [5.41, 5.74) is 0. The first-order chi connectivity index (χ1) is 7.04. The molecule has 2 rings (SSSR count). The van der Waals surface area contributed by atoms with Crippen molar-refractivity contribution < 1.29 is 4.43 Å². The van der Waals surface area contributed by atoms with Gasteiger partial charge in [-0.15, -0.1) is 0 Å². The Morgan fingerprint density at radius 3 is 2.13 bits per heavy atom. The highest BCUT2D eigenvalue weighted by atomic mass is 28.4. The highest BCUT2D eigenvalue weighted by Crippen LogP contribution is 2.28. The molecule has 0 bridgehead atoms. The van der Waals surface area contributed by atoms with E-state index in [1.54, 1.807) is 0 Å². The molecule has 0 aromatic carbocycles. The fourth-order valence-electron chi connectivity index (χ4n) is 2.79. The van der Waals surface area contributed by atoms with E-state index in [1.807, 2.05) is 0 Å². The van der Waals surface area contributed by atoms with Gasteiger partial charge in [-0.2, -0.15) is 0 Å². The maximum atomic E-state index is 6.09. The Labute approximate surface area is 95.1 Å². The van der Waals surface area contributed by atoms with Crippen LogP contribution >= 0.6 is 0 Å². The quantitative estimate of drug-likeness (QED) is 0.688. The summed E-state index contributed by atoms with van der Waals surface area (Å²) in [6.07, 6.45) is 7.76. The van der Waals surface area contributed by atoms with E-state index in [2.05, 4.69) is 24.5 Å². The zero-order valence-electron chi connectivity index (χ0n) is 10.5. The third-order valence-electron chi connectivity index (χ3n) is 3.49. The summed E-state index contributed by atoms with van der Waals surface area (Å²) >= 11 is 0. The average Bonchev–Trinajstić information content (AvgIpc) is 2.11. The molecule has 1 saturated carbocycles. The predicted octanol–water partition coefficient (Wildman–Crippen LogP) is 2.85. The van der Waals surface area contributed by atoms with E-state index in [-0.39, 0.29) is 0 Å². The molecule has 0 radical (unpaired) electrons. The van der Waals surface area contributed by atoms with Gasteiger partial charge in [-0.1, -0.05) is 19.3 Å². The van der Waals surface area contributed by atoms with Crippen molar-refractivity contribution in [2.45, 2.75) is 63.9 Å². The van der Waals surface area contributed by atoms with E-state index < -0.39 is 8.32 Å². The lowest BCUT2D eigenvalue weighted by molar-refractivity contribution is -0.0229. The Bertz CT molecular complexity index is 202. The summed E-state index contributed by atoms with van der Waals surface area (Å²) in [6, 6.07) is 0.889. The molecule has 3 heteroatoms. The summed E-state index contributed by atoms with van der Waals surface area (Å²) in [7, 11) is -1.30. The Balaban J connectivity index is 1.68. The van der Waals surface area contributed by atoms with Gasteiger partial charge < -0.3 is 4.43 Å². The van der Waals surface area contributed by atoms with Gasteiger partial charge in [0.1, 0.15) is 0 Å². The van der Waals surface area contributed by atoms with Crippen LogP contribution in [0.4, 0.5) is 0 Å². The highest BCUT2D eigenvalue weighted by Gasteiger charge is 2.35. The second kappa shape index (κ2) is 4.56. The molecule has 1 aliphatic carbocycles. The highest BCUT2D eigenvalue weighted by molar-refractivity contribution is 6.69. The molecule has 0 spiro atoms. The van der Waals surface area contributed by atoms with E-state index in [9.17, 15) is 0 Å². The van der Waals surface area contributed by atoms with Crippen LogP contribution in [0.3, 0.4) is 0 Å². The topological polar surface area (TPSA) is 12.5 Å². The number of hydrogen-bond acceptors (Lipinski definition) is 2. The second-order valence-corrected chi connectivity index (χ2v) is 10.6. The maximum absolute atomic E-state index is 6.09. The van der Waals surface area contributed by atoms with Crippen molar-refractivity contribution in [1.82, 2.24) is 4.90 Å². The molecule has 0 aromatic heterocycles. The summed E-state index contributed by atoms with van der Waals surface area (Å²) in [6.45, 7) is 9.27. The van der Waals surface area contributed by atoms with Gasteiger partial charge in [0.2, 0.25) is 0 Å². The lowest BCUT2D eigenvalue weighted by atomic mass is 9.92. The molecular weight excluding hydrogens is 202 g/mol. The summed E-state index contributed by atoms with van der Waals surface area (Å²) in [5, 5.41) is 0. The van der Waals surface area contributed by atoms with Crippen LogP contribution in [0.1, 0.15) is 32.1 Å². The van der Waals surface area contributed by atoms with Crippen molar-refractivity contribution in [3.05, 3.63) is 0 Å². The van der Waals surface area contributed by atoms with E-state index in [1.165, 1.54) is 45.2 Å². The van der Waals surface area contributed by atoms with E-state index >= 15 is 0 Å². The molecule has 1 saturated heterocycles. The normalized spacial score (nSPS) is 26.6. The molecule has 2 aliphatic rings. The number of likely N-dealkylation sites (tertiary alicyclic amines) is 1. The van der Waals surface area contributed by atoms with Crippen molar-refractivity contribution in [3.8, 4) is 0 Å². The smallest absolute Gasteiger partial charge is 0.184 e. The van der Waals surface area contributed by atoms with Crippen LogP contribution in [0.2, 0.25) is 19.6 Å². The van der Waals surface area contributed by atoms with Crippen molar-refractivity contribution in [2.24, 2.45) is 0 Å². The fraction of sp³-hybridized carbons (Fsp3) is 1.00. The molecule has 0 amide bonds. The van der Waals surface area contributed by atoms with Gasteiger partial charge in [-0.3, -0.25) is 4.90 Å². The standard InChI is InChI=1S/C12H25NOSi/c1-15(2,3)14-12-9-13(10-12)11-7-5-4-6-8-11/h11-12H,4-10H2,1-3H3. The van der Waals surface area contributed by atoms with Crippen molar-refractivity contribution in [1.29, 1.82) is 0 Å². The van der Waals surface area contributed by atoms with E-state index in [0.29, 0.717) is 6.10 Å². The second-order valence-electron chi connectivity index (χ2n) is 6.10. The Morgan fingerprint density at radius 1 is 1.00 bits per heavy atom. The van der Waals surface area contributed by atoms with Crippen LogP contribution in [0, 0.1) is 0 Å². The van der Waals surface area contributed by atoms with Gasteiger partial charge in [0.05, 0.1) is 6.10 Å². The predicted molar refractivity (Wildman–Crippen MR) is 66.7 cm³/mol. The molecule has 88 valence electrons. The van der Waals surface area contributed by atoms with Crippen LogP contribution < -0.4 is 0 Å². The van der Waals surface area contributed by atoms with Crippen LogP contribution in [0.5, 0.6) is 0 Å².